The van der Waals surface area contributed by atoms with Crippen molar-refractivity contribution in [3.63, 3.8) is 0 Å². The summed E-state index contributed by atoms with van der Waals surface area (Å²) >= 11 is 0. The minimum absolute atomic E-state index is 0.00819. The highest BCUT2D eigenvalue weighted by atomic mass is 16.5. The molecule has 2 N–H and O–H groups in total. The molecule has 2 aliphatic rings. The molecule has 38 heavy (non-hydrogen) atoms. The minimum atomic E-state index is -0.222. The number of ether oxygens (including phenoxy) is 1. The van der Waals surface area contributed by atoms with Crippen molar-refractivity contribution in [3.8, 4) is 11.4 Å². The van der Waals surface area contributed by atoms with Crippen LogP contribution in [-0.4, -0.2) is 64.4 Å². The normalized spacial score (nSPS) is 21.1. The number of rotatable bonds is 6. The first-order chi connectivity index (χ1) is 18.5. The number of nitrogens with one attached hydrogen (secondary N) is 2. The molecule has 3 atom stereocenters. The fourth-order valence-electron chi connectivity index (χ4n) is 5.39. The quantitative estimate of drug-likeness (QED) is 0.502. The van der Waals surface area contributed by atoms with Gasteiger partial charge in [0.1, 0.15) is 5.82 Å². The van der Waals surface area contributed by atoms with E-state index in [-0.39, 0.29) is 24.2 Å². The van der Waals surface area contributed by atoms with Gasteiger partial charge in [-0.05, 0) is 57.5 Å². The van der Waals surface area contributed by atoms with Crippen LogP contribution in [0.2, 0.25) is 0 Å². The summed E-state index contributed by atoms with van der Waals surface area (Å²) < 4.78 is 5.75. The lowest BCUT2D eigenvalue weighted by atomic mass is 9.91. The third-order valence-electron chi connectivity index (χ3n) is 7.29. The largest absolute Gasteiger partial charge is 0.377 e. The van der Waals surface area contributed by atoms with E-state index in [4.69, 9.17) is 14.7 Å². The summed E-state index contributed by atoms with van der Waals surface area (Å²) in [5, 5.41) is 5.60. The number of urea groups is 1. The third-order valence-corrected chi connectivity index (χ3v) is 7.29. The van der Waals surface area contributed by atoms with Gasteiger partial charge in [0.15, 0.2) is 5.82 Å². The van der Waals surface area contributed by atoms with E-state index in [1.54, 1.807) is 12.4 Å². The van der Waals surface area contributed by atoms with Crippen LogP contribution in [0.4, 0.5) is 22.2 Å². The van der Waals surface area contributed by atoms with E-state index in [0.717, 1.165) is 53.7 Å². The van der Waals surface area contributed by atoms with E-state index in [9.17, 15) is 4.79 Å². The van der Waals surface area contributed by atoms with Crippen LogP contribution in [0.5, 0.6) is 0 Å². The van der Waals surface area contributed by atoms with E-state index in [0.29, 0.717) is 25.6 Å². The summed E-state index contributed by atoms with van der Waals surface area (Å²) in [6.07, 6.45) is 5.33. The zero-order valence-electron chi connectivity index (χ0n) is 22.5. The number of carbonyl (C=O) groups is 1. The summed E-state index contributed by atoms with van der Waals surface area (Å²) in [6, 6.07) is 9.74. The molecule has 5 rings (SSSR count). The molecule has 10 heteroatoms. The lowest BCUT2D eigenvalue weighted by Crippen LogP contribution is -2.48. The molecule has 1 aromatic carbocycles. The van der Waals surface area contributed by atoms with Crippen molar-refractivity contribution >= 4 is 23.5 Å². The highest BCUT2D eigenvalue weighted by Crippen LogP contribution is 2.41. The maximum atomic E-state index is 11.9. The molecular weight excluding hydrogens is 480 g/mol. The molecule has 2 unspecified atom stereocenters. The Kier molecular flexibility index (Phi) is 7.69. The Morgan fingerprint density at radius 2 is 1.87 bits per heavy atom. The number of aromatic nitrogens is 4. The van der Waals surface area contributed by atoms with Crippen LogP contribution in [0.3, 0.4) is 0 Å². The van der Waals surface area contributed by atoms with Crippen LogP contribution in [0.25, 0.3) is 11.4 Å². The van der Waals surface area contributed by atoms with Gasteiger partial charge in [-0.2, -0.15) is 0 Å². The minimum Gasteiger partial charge on any atom is -0.377 e. The van der Waals surface area contributed by atoms with Crippen molar-refractivity contribution < 1.29 is 9.53 Å². The van der Waals surface area contributed by atoms with Crippen LogP contribution in [0.1, 0.15) is 51.4 Å². The molecule has 10 nitrogen and oxygen atoms in total. The van der Waals surface area contributed by atoms with Crippen LogP contribution in [-0.2, 0) is 11.2 Å². The van der Waals surface area contributed by atoms with Gasteiger partial charge in [-0.3, -0.25) is 0 Å². The maximum absolute atomic E-state index is 11.9. The van der Waals surface area contributed by atoms with Gasteiger partial charge in [0.05, 0.1) is 31.0 Å². The maximum Gasteiger partial charge on any atom is 0.319 e. The first-order valence-electron chi connectivity index (χ1n) is 13.5. The third kappa shape index (κ3) is 5.13. The van der Waals surface area contributed by atoms with Crippen LogP contribution in [0.15, 0.2) is 42.7 Å². The van der Waals surface area contributed by atoms with E-state index >= 15 is 0 Å². The summed E-state index contributed by atoms with van der Waals surface area (Å²) in [6.45, 7) is 11.1. The van der Waals surface area contributed by atoms with Crippen molar-refractivity contribution in [3.05, 3.63) is 54.0 Å². The molecule has 2 amide bonds. The second-order valence-corrected chi connectivity index (χ2v) is 9.81. The Labute approximate surface area is 223 Å². The zero-order valence-corrected chi connectivity index (χ0v) is 22.5. The summed E-state index contributed by atoms with van der Waals surface area (Å²) in [7, 11) is 0. The second kappa shape index (κ2) is 11.3. The first-order valence-corrected chi connectivity index (χ1v) is 13.5. The summed E-state index contributed by atoms with van der Waals surface area (Å²) in [5.41, 5.74) is 3.83. The Morgan fingerprint density at radius 1 is 1.11 bits per heavy atom. The average molecular weight is 517 g/mol. The molecule has 4 heterocycles. The molecule has 0 saturated carbocycles. The SMILES string of the molecule is CCNC(=O)Nc1ccc(-c2nc3c(c(N4CCOC[C@@H]4C)n2)C(C)N(c2ncccn2)C(CC)C3)cc1. The predicted octanol–water partition coefficient (Wildman–Crippen LogP) is 4.20. The fourth-order valence-corrected chi connectivity index (χ4v) is 5.39. The second-order valence-electron chi connectivity index (χ2n) is 9.81. The van der Waals surface area contributed by atoms with Gasteiger partial charge in [-0.1, -0.05) is 6.92 Å². The number of carbonyl (C=O) groups excluding carboxylic acids is 1. The highest BCUT2D eigenvalue weighted by molar-refractivity contribution is 5.89. The van der Waals surface area contributed by atoms with Crippen molar-refractivity contribution in [1.82, 2.24) is 25.3 Å². The van der Waals surface area contributed by atoms with Crippen molar-refractivity contribution in [2.24, 2.45) is 0 Å². The number of anilines is 3. The lowest BCUT2D eigenvalue weighted by Gasteiger charge is -2.44. The molecule has 2 aromatic heterocycles. The molecule has 0 bridgehead atoms. The Morgan fingerprint density at radius 3 is 2.55 bits per heavy atom. The highest BCUT2D eigenvalue weighted by Gasteiger charge is 2.38. The van der Waals surface area contributed by atoms with Gasteiger partial charge in [0.2, 0.25) is 5.95 Å². The van der Waals surface area contributed by atoms with Crippen LogP contribution < -0.4 is 20.4 Å². The van der Waals surface area contributed by atoms with Gasteiger partial charge < -0.3 is 25.2 Å². The van der Waals surface area contributed by atoms with E-state index < -0.39 is 0 Å². The zero-order chi connectivity index (χ0) is 26.6. The van der Waals surface area contributed by atoms with Crippen molar-refractivity contribution in [2.45, 2.75) is 58.7 Å². The summed E-state index contributed by atoms with van der Waals surface area (Å²) in [5.74, 6) is 2.37. The number of morpholine rings is 1. The van der Waals surface area contributed by atoms with Gasteiger partial charge >= 0.3 is 6.03 Å². The number of hydrogen-bond donors (Lipinski definition) is 2. The first kappa shape index (κ1) is 25.8. The van der Waals surface area contributed by atoms with Crippen molar-refractivity contribution in [2.75, 3.05) is 41.4 Å². The summed E-state index contributed by atoms with van der Waals surface area (Å²) in [4.78, 5) is 36.1. The molecule has 0 radical (unpaired) electrons. The number of hydrogen-bond acceptors (Lipinski definition) is 8. The number of benzene rings is 1. The van der Waals surface area contributed by atoms with E-state index in [2.05, 4.69) is 51.2 Å². The molecule has 1 saturated heterocycles. The molecule has 200 valence electrons. The molecule has 2 aliphatic heterocycles. The van der Waals surface area contributed by atoms with Crippen LogP contribution in [0, 0.1) is 0 Å². The smallest absolute Gasteiger partial charge is 0.319 e. The van der Waals surface area contributed by atoms with Gasteiger partial charge in [0, 0.05) is 54.8 Å². The van der Waals surface area contributed by atoms with Gasteiger partial charge in [0.25, 0.3) is 0 Å². The van der Waals surface area contributed by atoms with E-state index in [1.807, 2.05) is 37.3 Å². The molecule has 3 aromatic rings. The Bertz CT molecular complexity index is 1250. The Hall–Kier alpha value is -3.79. The predicted molar refractivity (Wildman–Crippen MR) is 148 cm³/mol. The number of amides is 2. The average Bonchev–Trinajstić information content (AvgIpc) is 2.93. The van der Waals surface area contributed by atoms with Gasteiger partial charge in [-0.25, -0.2) is 24.7 Å². The Balaban J connectivity index is 1.57. The van der Waals surface area contributed by atoms with Crippen LogP contribution >= 0.6 is 0 Å². The topological polar surface area (TPSA) is 108 Å². The van der Waals surface area contributed by atoms with Crippen molar-refractivity contribution in [1.29, 1.82) is 0 Å². The molecule has 1 fully saturated rings. The number of nitrogens with zero attached hydrogens (tertiary/aromatic N) is 6. The molecular formula is C28H36N8O2. The monoisotopic (exact) mass is 516 g/mol. The lowest BCUT2D eigenvalue weighted by molar-refractivity contribution is 0.0983. The molecule has 0 aliphatic carbocycles. The van der Waals surface area contributed by atoms with E-state index in [1.165, 1.54) is 0 Å². The fraction of sp³-hybridized carbons (Fsp3) is 0.464. The molecule has 0 spiro atoms. The number of fused-ring (bicyclic) bond motifs is 1. The van der Waals surface area contributed by atoms with Gasteiger partial charge in [-0.15, -0.1) is 0 Å². The standard InChI is InChI=1S/C28H36N8O2/c1-5-22-16-23-24(19(4)36(22)27-30-12-7-13-31-27)26(35-14-15-38-17-18(35)3)34-25(33-23)20-8-10-21(11-9-20)32-28(37)29-6-2/h7-13,18-19,22H,5-6,14-17H2,1-4H3,(H2,29,32,37)/t18-,19?,22?/m0/s1.